The Hall–Kier alpha value is -5.53. The van der Waals surface area contributed by atoms with Crippen molar-refractivity contribution in [2.75, 3.05) is 13.2 Å². The summed E-state index contributed by atoms with van der Waals surface area (Å²) >= 11 is 0. The largest absolute Gasteiger partial charge is 0.475 e. The smallest absolute Gasteiger partial charge is 0.350 e. The summed E-state index contributed by atoms with van der Waals surface area (Å²) in [5.41, 5.74) is 3.40. The fraction of sp³-hybridized carbons (Fsp3) is 0.417. The van der Waals surface area contributed by atoms with Crippen molar-refractivity contribution < 1.29 is 52.4 Å². The van der Waals surface area contributed by atoms with Gasteiger partial charge in [-0.15, -0.1) is 5.10 Å². The quantitative estimate of drug-likeness (QED) is 0.106. The molecule has 1 aliphatic heterocycles. The van der Waals surface area contributed by atoms with E-state index in [2.05, 4.69) is 10.3 Å². The van der Waals surface area contributed by atoms with Crippen LogP contribution < -0.4 is 18.9 Å². The molecule has 1 aliphatic rings. The number of aryl methyl sites for hydroxylation is 1. The molecule has 0 aliphatic carbocycles. The number of aromatic nitrogens is 3. The third-order valence-corrected chi connectivity index (χ3v) is 8.10. The molecule has 3 aromatic rings. The van der Waals surface area contributed by atoms with Crippen molar-refractivity contribution in [1.82, 2.24) is 15.0 Å². The molecule has 14 heteroatoms. The molecule has 0 N–H and O–H groups in total. The predicted octanol–water partition coefficient (Wildman–Crippen LogP) is 4.50. The molecule has 0 saturated carbocycles. The van der Waals surface area contributed by atoms with E-state index in [1.807, 2.05) is 20.8 Å². The van der Waals surface area contributed by atoms with Gasteiger partial charge in [-0.05, 0) is 74.6 Å². The Labute approximate surface area is 289 Å². The Balaban J connectivity index is 1.24. The lowest BCUT2D eigenvalue weighted by Crippen LogP contribution is -2.46. The van der Waals surface area contributed by atoms with E-state index in [-0.39, 0.29) is 24.7 Å². The molecule has 0 bridgehead atoms. The first-order valence-corrected chi connectivity index (χ1v) is 16.1. The van der Waals surface area contributed by atoms with Gasteiger partial charge in [-0.25, -0.2) is 14.3 Å². The molecule has 0 radical (unpaired) electrons. The maximum atomic E-state index is 13.2. The molecule has 50 heavy (non-hydrogen) atoms. The highest BCUT2D eigenvalue weighted by Gasteiger charge is 2.42. The number of esters is 5. The first-order chi connectivity index (χ1) is 23.7. The number of fused-ring (bicyclic) bond motifs is 1. The Morgan fingerprint density at radius 3 is 2.30 bits per heavy atom. The maximum absolute atomic E-state index is 13.2. The van der Waals surface area contributed by atoms with Gasteiger partial charge in [0.1, 0.15) is 11.5 Å². The molecule has 0 fully saturated rings. The summed E-state index contributed by atoms with van der Waals surface area (Å²) < 4.78 is 34.5. The lowest BCUT2D eigenvalue weighted by atomic mass is 9.87. The maximum Gasteiger partial charge on any atom is 0.350 e. The molecule has 2 heterocycles. The van der Waals surface area contributed by atoms with Crippen LogP contribution in [0, 0.1) is 20.8 Å². The zero-order valence-corrected chi connectivity index (χ0v) is 29.2. The van der Waals surface area contributed by atoms with E-state index < -0.39 is 35.4 Å². The van der Waals surface area contributed by atoms with Crippen LogP contribution in [0.3, 0.4) is 0 Å². The minimum Gasteiger partial charge on any atom is -0.475 e. The van der Waals surface area contributed by atoms with Crippen LogP contribution in [0.4, 0.5) is 0 Å². The number of hydrogen-bond acceptors (Lipinski definition) is 13. The van der Waals surface area contributed by atoms with Gasteiger partial charge in [-0.2, -0.15) is 0 Å². The molecule has 1 aromatic heterocycles. The van der Waals surface area contributed by atoms with Crippen LogP contribution in [0.2, 0.25) is 0 Å². The molecule has 14 nitrogen and oxygen atoms in total. The number of carbonyl (C=O) groups is 5. The molecular weight excluding hydrogens is 650 g/mol. The van der Waals surface area contributed by atoms with Gasteiger partial charge in [0.05, 0.1) is 25.1 Å². The second-order valence-electron chi connectivity index (χ2n) is 12.0. The standard InChI is InChI=1S/C36H41N3O11/c1-21-22(2)34-29(23(3)33(21)49-26(6)42)13-15-36(7,50-34)35(44)46-17-8-16-39-28(20-37-38-39)14-18-45-32(43)12-10-27-9-11-30(47-24(4)40)31(19-27)48-25(5)41/h9-12,19-20H,8,13-18H2,1-7H3/b12-10+. The fourth-order valence-electron chi connectivity index (χ4n) is 5.44. The van der Waals surface area contributed by atoms with Crippen LogP contribution >= 0.6 is 0 Å². The zero-order chi connectivity index (χ0) is 36.6. The highest BCUT2D eigenvalue weighted by Crippen LogP contribution is 2.44. The van der Waals surface area contributed by atoms with Crippen molar-refractivity contribution in [2.24, 2.45) is 0 Å². The third kappa shape index (κ3) is 9.33. The second kappa shape index (κ2) is 16.2. The Bertz CT molecular complexity index is 1830. The molecule has 0 saturated heterocycles. The van der Waals surface area contributed by atoms with Gasteiger partial charge >= 0.3 is 29.8 Å². The lowest BCUT2D eigenvalue weighted by molar-refractivity contribution is -0.162. The SMILES string of the molecule is CC(=O)Oc1ccc(/C=C/C(=O)OCCc2cnnn2CCCOC(=O)C2(C)CCc3c(C)c(OC(C)=O)c(C)c(C)c3O2)cc1OC(C)=O. The van der Waals surface area contributed by atoms with Crippen LogP contribution in [0.1, 0.15) is 74.0 Å². The van der Waals surface area contributed by atoms with Crippen LogP contribution in [-0.2, 0) is 52.8 Å². The normalized spacial score (nSPS) is 15.1. The van der Waals surface area contributed by atoms with Gasteiger partial charge in [0.25, 0.3) is 0 Å². The molecule has 1 atom stereocenters. The minimum atomic E-state index is -1.17. The van der Waals surface area contributed by atoms with Crippen molar-refractivity contribution in [3.8, 4) is 23.0 Å². The second-order valence-corrected chi connectivity index (χ2v) is 12.0. The molecule has 266 valence electrons. The van der Waals surface area contributed by atoms with Gasteiger partial charge in [-0.3, -0.25) is 14.4 Å². The summed E-state index contributed by atoms with van der Waals surface area (Å²) in [6.45, 7) is 11.8. The summed E-state index contributed by atoms with van der Waals surface area (Å²) in [6.07, 6.45) is 6.05. The number of carbonyl (C=O) groups excluding carboxylic acids is 5. The average Bonchev–Trinajstić information content (AvgIpc) is 3.50. The van der Waals surface area contributed by atoms with Crippen molar-refractivity contribution in [3.05, 3.63) is 64.0 Å². The van der Waals surface area contributed by atoms with E-state index in [0.717, 1.165) is 27.9 Å². The van der Waals surface area contributed by atoms with E-state index >= 15 is 0 Å². The van der Waals surface area contributed by atoms with Gasteiger partial charge in [-0.1, -0.05) is 11.3 Å². The zero-order valence-electron chi connectivity index (χ0n) is 29.2. The average molecular weight is 692 g/mol. The number of ether oxygens (including phenoxy) is 6. The monoisotopic (exact) mass is 691 g/mol. The summed E-state index contributed by atoms with van der Waals surface area (Å²) in [4.78, 5) is 59.9. The first-order valence-electron chi connectivity index (χ1n) is 16.1. The Kier molecular flexibility index (Phi) is 12.1. The van der Waals surface area contributed by atoms with Gasteiger partial charge in [0.2, 0.25) is 5.60 Å². The Morgan fingerprint density at radius 1 is 0.900 bits per heavy atom. The van der Waals surface area contributed by atoms with E-state index in [1.165, 1.54) is 45.1 Å². The number of nitrogens with zero attached hydrogens (tertiary/aromatic N) is 3. The number of benzene rings is 2. The van der Waals surface area contributed by atoms with Crippen LogP contribution in [0.5, 0.6) is 23.0 Å². The van der Waals surface area contributed by atoms with Crippen molar-refractivity contribution in [2.45, 2.75) is 86.3 Å². The summed E-state index contributed by atoms with van der Waals surface area (Å²) in [7, 11) is 0. The van der Waals surface area contributed by atoms with Gasteiger partial charge in [0, 0.05) is 58.2 Å². The summed E-state index contributed by atoms with van der Waals surface area (Å²) in [6, 6.07) is 4.50. The summed E-state index contributed by atoms with van der Waals surface area (Å²) in [5.74, 6) is -1.36. The predicted molar refractivity (Wildman–Crippen MR) is 178 cm³/mol. The number of rotatable bonds is 13. The molecular formula is C36H41N3O11. The van der Waals surface area contributed by atoms with Gasteiger partial charge < -0.3 is 28.4 Å². The Morgan fingerprint density at radius 2 is 1.60 bits per heavy atom. The minimum absolute atomic E-state index is 0.0403. The van der Waals surface area contributed by atoms with Crippen LogP contribution in [-0.4, -0.2) is 63.7 Å². The topological polar surface area (TPSA) is 171 Å². The number of hydrogen-bond donors (Lipinski definition) is 0. The van der Waals surface area contributed by atoms with E-state index in [4.69, 9.17) is 28.4 Å². The van der Waals surface area contributed by atoms with E-state index in [9.17, 15) is 24.0 Å². The highest BCUT2D eigenvalue weighted by atomic mass is 16.6. The molecule has 1 unspecified atom stereocenters. The van der Waals surface area contributed by atoms with Gasteiger partial charge in [0.15, 0.2) is 11.5 Å². The van der Waals surface area contributed by atoms with Crippen LogP contribution in [0.25, 0.3) is 6.08 Å². The van der Waals surface area contributed by atoms with Crippen LogP contribution in [0.15, 0.2) is 30.5 Å². The molecule has 0 spiro atoms. The van der Waals surface area contributed by atoms with Crippen molar-refractivity contribution in [1.29, 1.82) is 0 Å². The highest BCUT2D eigenvalue weighted by molar-refractivity contribution is 5.87. The fourth-order valence-corrected chi connectivity index (χ4v) is 5.44. The van der Waals surface area contributed by atoms with E-state index in [1.54, 1.807) is 23.9 Å². The molecule has 4 rings (SSSR count). The molecule has 2 aromatic carbocycles. The van der Waals surface area contributed by atoms with Crippen molar-refractivity contribution in [3.63, 3.8) is 0 Å². The van der Waals surface area contributed by atoms with Crippen molar-refractivity contribution >= 4 is 35.9 Å². The lowest BCUT2D eigenvalue weighted by Gasteiger charge is -2.36. The van der Waals surface area contributed by atoms with E-state index in [0.29, 0.717) is 49.3 Å². The first kappa shape index (κ1) is 37.3. The third-order valence-electron chi connectivity index (χ3n) is 8.10. The summed E-state index contributed by atoms with van der Waals surface area (Å²) in [5, 5.41) is 8.04. The molecule has 0 amide bonds.